The highest BCUT2D eigenvalue weighted by Crippen LogP contribution is 2.30. The third kappa shape index (κ3) is 2.78. The molecular weight excluding hydrogens is 319 g/mol. The molecule has 0 saturated heterocycles. The van der Waals surface area contributed by atoms with E-state index in [0.717, 1.165) is 28.4 Å². The molecule has 1 aromatic heterocycles. The number of hydrogen-bond donors (Lipinski definition) is 0. The van der Waals surface area contributed by atoms with E-state index in [1.807, 2.05) is 31.2 Å². The van der Waals surface area contributed by atoms with E-state index >= 15 is 0 Å². The molecule has 1 unspecified atom stereocenters. The largest absolute Gasteiger partial charge is 0.845 e. The number of Topliss-reactive ketones (excluding diaryl/α,β-unsaturated/α-hetero) is 1. The molecule has 0 spiro atoms. The maximum Gasteiger partial charge on any atom is 0.377 e. The van der Waals surface area contributed by atoms with Crippen LogP contribution in [-0.4, -0.2) is 22.6 Å². The molecule has 24 heavy (non-hydrogen) atoms. The van der Waals surface area contributed by atoms with E-state index in [9.17, 15) is 23.1 Å². The highest BCUT2D eigenvalue weighted by molar-refractivity contribution is 6.11. The van der Waals surface area contributed by atoms with Crippen molar-refractivity contribution in [2.75, 3.05) is 0 Å². The standard InChI is InChI=1S/C18H15F3NO2/c1-2-22-14-6-4-3-5-12(14)13-9-11(7-8-15(13)22)16(23)10-17(24)18(19,20)21/h3-9,17H,2,10H2,1H3/q-1. The third-order valence-corrected chi connectivity index (χ3v) is 4.15. The number of carbonyl (C=O) groups is 1. The lowest BCUT2D eigenvalue weighted by molar-refractivity contribution is -0.478. The summed E-state index contributed by atoms with van der Waals surface area (Å²) in [4.78, 5) is 12.1. The van der Waals surface area contributed by atoms with Crippen LogP contribution >= 0.6 is 0 Å². The number of fused-ring (bicyclic) bond motifs is 3. The Hall–Kier alpha value is -2.34. The van der Waals surface area contributed by atoms with Crippen LogP contribution in [0.3, 0.4) is 0 Å². The molecular formula is C18H15F3NO2-. The first-order valence-corrected chi connectivity index (χ1v) is 7.59. The summed E-state index contributed by atoms with van der Waals surface area (Å²) in [6.07, 6.45) is -8.88. The second-order valence-corrected chi connectivity index (χ2v) is 5.65. The van der Waals surface area contributed by atoms with E-state index in [2.05, 4.69) is 4.57 Å². The maximum absolute atomic E-state index is 12.4. The van der Waals surface area contributed by atoms with E-state index in [-0.39, 0.29) is 5.56 Å². The van der Waals surface area contributed by atoms with Crippen molar-refractivity contribution in [3.8, 4) is 0 Å². The summed E-state index contributed by atoms with van der Waals surface area (Å²) in [5.74, 6) is -0.789. The molecule has 0 aliphatic carbocycles. The van der Waals surface area contributed by atoms with E-state index < -0.39 is 24.5 Å². The Morgan fingerprint density at radius 2 is 1.79 bits per heavy atom. The first-order valence-electron chi connectivity index (χ1n) is 7.59. The molecule has 3 rings (SSSR count). The normalized spacial score (nSPS) is 13.5. The van der Waals surface area contributed by atoms with Crippen LogP contribution in [0.25, 0.3) is 21.8 Å². The number of alkyl halides is 3. The Balaban J connectivity index is 2.06. The van der Waals surface area contributed by atoms with Crippen molar-refractivity contribution in [3.05, 3.63) is 48.0 Å². The van der Waals surface area contributed by atoms with Gasteiger partial charge in [0, 0.05) is 40.3 Å². The smallest absolute Gasteiger partial charge is 0.377 e. The second kappa shape index (κ2) is 5.94. The van der Waals surface area contributed by atoms with Crippen molar-refractivity contribution in [2.24, 2.45) is 0 Å². The van der Waals surface area contributed by atoms with Gasteiger partial charge in [0.15, 0.2) is 5.78 Å². The molecule has 0 amide bonds. The van der Waals surface area contributed by atoms with Crippen molar-refractivity contribution in [1.29, 1.82) is 0 Å². The van der Waals surface area contributed by atoms with Gasteiger partial charge in [-0.25, -0.2) is 0 Å². The second-order valence-electron chi connectivity index (χ2n) is 5.65. The number of aromatic nitrogens is 1. The molecule has 0 aliphatic rings. The molecule has 0 N–H and O–H groups in total. The number of benzene rings is 2. The zero-order valence-corrected chi connectivity index (χ0v) is 12.9. The number of nitrogens with zero attached hydrogens (tertiary/aromatic N) is 1. The van der Waals surface area contributed by atoms with Gasteiger partial charge in [-0.1, -0.05) is 18.2 Å². The molecule has 0 radical (unpaired) electrons. The predicted molar refractivity (Wildman–Crippen MR) is 83.9 cm³/mol. The van der Waals surface area contributed by atoms with Crippen molar-refractivity contribution in [1.82, 2.24) is 4.57 Å². The Bertz CT molecular complexity index is 912. The van der Waals surface area contributed by atoms with Crippen LogP contribution < -0.4 is 5.11 Å². The fourth-order valence-corrected chi connectivity index (χ4v) is 2.97. The monoisotopic (exact) mass is 334 g/mol. The van der Waals surface area contributed by atoms with Gasteiger partial charge in [-0.2, -0.15) is 13.2 Å². The summed E-state index contributed by atoms with van der Waals surface area (Å²) in [5.41, 5.74) is 2.04. The van der Waals surface area contributed by atoms with Gasteiger partial charge in [-0.15, -0.1) is 0 Å². The number of halogens is 3. The van der Waals surface area contributed by atoms with Gasteiger partial charge in [0.1, 0.15) is 0 Å². The molecule has 1 heterocycles. The van der Waals surface area contributed by atoms with Gasteiger partial charge in [0.2, 0.25) is 0 Å². The van der Waals surface area contributed by atoms with Crippen molar-refractivity contribution >= 4 is 27.6 Å². The van der Waals surface area contributed by atoms with Crippen molar-refractivity contribution in [2.45, 2.75) is 32.2 Å². The molecule has 3 nitrogen and oxygen atoms in total. The van der Waals surface area contributed by atoms with Crippen molar-refractivity contribution in [3.63, 3.8) is 0 Å². The number of para-hydroxylation sites is 1. The fraction of sp³-hybridized carbons (Fsp3) is 0.278. The highest BCUT2D eigenvalue weighted by Gasteiger charge is 2.32. The Morgan fingerprint density at radius 1 is 1.12 bits per heavy atom. The van der Waals surface area contributed by atoms with E-state index in [0.29, 0.717) is 0 Å². The molecule has 2 aromatic carbocycles. The molecule has 0 aliphatic heterocycles. The Kier molecular flexibility index (Phi) is 4.09. The summed E-state index contributed by atoms with van der Waals surface area (Å²) >= 11 is 0. The van der Waals surface area contributed by atoms with Gasteiger partial charge in [0.05, 0.1) is 0 Å². The minimum Gasteiger partial charge on any atom is -0.845 e. The van der Waals surface area contributed by atoms with Crippen LogP contribution in [0.5, 0.6) is 0 Å². The number of hydrogen-bond acceptors (Lipinski definition) is 2. The first-order chi connectivity index (χ1) is 11.3. The number of carbonyl (C=O) groups excluding carboxylic acids is 1. The summed E-state index contributed by atoms with van der Waals surface area (Å²) in [6, 6.07) is 12.4. The van der Waals surface area contributed by atoms with Gasteiger partial charge in [0.25, 0.3) is 0 Å². The average Bonchev–Trinajstić information content (AvgIpc) is 2.86. The zero-order chi connectivity index (χ0) is 17.5. The van der Waals surface area contributed by atoms with Crippen LogP contribution in [0, 0.1) is 0 Å². The summed E-state index contributed by atoms with van der Waals surface area (Å²) in [7, 11) is 0. The maximum atomic E-state index is 12.4. The lowest BCUT2D eigenvalue weighted by Crippen LogP contribution is -2.42. The molecule has 0 fully saturated rings. The third-order valence-electron chi connectivity index (χ3n) is 4.15. The Morgan fingerprint density at radius 3 is 2.46 bits per heavy atom. The number of rotatable bonds is 4. The lowest BCUT2D eigenvalue weighted by atomic mass is 10.0. The van der Waals surface area contributed by atoms with E-state index in [1.165, 1.54) is 6.07 Å². The minimum atomic E-state index is -4.90. The number of ketones is 1. The molecule has 0 saturated carbocycles. The minimum absolute atomic E-state index is 0.131. The van der Waals surface area contributed by atoms with Gasteiger partial charge in [-0.05, 0) is 37.3 Å². The molecule has 3 aromatic rings. The summed E-state index contributed by atoms with van der Waals surface area (Å²) < 4.78 is 39.2. The van der Waals surface area contributed by atoms with Crippen LogP contribution in [0.1, 0.15) is 23.7 Å². The van der Waals surface area contributed by atoms with Gasteiger partial charge in [-0.3, -0.25) is 4.79 Å². The van der Waals surface area contributed by atoms with Gasteiger partial charge < -0.3 is 9.67 Å². The zero-order valence-electron chi connectivity index (χ0n) is 12.9. The summed E-state index contributed by atoms with van der Waals surface area (Å²) in [6.45, 7) is 2.73. The van der Waals surface area contributed by atoms with E-state index in [1.54, 1.807) is 12.1 Å². The van der Waals surface area contributed by atoms with Crippen molar-refractivity contribution < 1.29 is 23.1 Å². The predicted octanol–water partition coefficient (Wildman–Crippen LogP) is 3.68. The van der Waals surface area contributed by atoms with Crippen LogP contribution in [0.2, 0.25) is 0 Å². The SMILES string of the molecule is CCn1c2ccccc2c2cc(C(=O)CC([O-])C(F)(F)F)ccc21. The van der Waals surface area contributed by atoms with Gasteiger partial charge >= 0.3 is 6.18 Å². The Labute approximate surface area is 136 Å². The van der Waals surface area contributed by atoms with Crippen LogP contribution in [0.4, 0.5) is 13.2 Å². The molecule has 6 heteroatoms. The lowest BCUT2D eigenvalue weighted by Gasteiger charge is -2.24. The fourth-order valence-electron chi connectivity index (χ4n) is 2.97. The first kappa shape index (κ1) is 16.5. The average molecular weight is 334 g/mol. The molecule has 1 atom stereocenters. The highest BCUT2D eigenvalue weighted by atomic mass is 19.4. The topological polar surface area (TPSA) is 45.1 Å². The van der Waals surface area contributed by atoms with Crippen LogP contribution in [0.15, 0.2) is 42.5 Å². The molecule has 0 bridgehead atoms. The quantitative estimate of drug-likeness (QED) is 0.683. The molecule has 126 valence electrons. The summed E-state index contributed by atoms with van der Waals surface area (Å²) in [5, 5.41) is 12.8. The number of aryl methyl sites for hydroxylation is 1. The van der Waals surface area contributed by atoms with E-state index in [4.69, 9.17) is 0 Å². The van der Waals surface area contributed by atoms with Crippen LogP contribution in [-0.2, 0) is 6.54 Å².